The minimum atomic E-state index is -3.17. The second-order valence-electron chi connectivity index (χ2n) is 6.75. The highest BCUT2D eigenvalue weighted by Crippen LogP contribution is 2.36. The van der Waals surface area contributed by atoms with Gasteiger partial charge in [-0.15, -0.1) is 11.8 Å². The Morgan fingerprint density at radius 3 is 2.23 bits per heavy atom. The molecule has 1 aliphatic heterocycles. The van der Waals surface area contributed by atoms with E-state index in [2.05, 4.69) is 0 Å². The van der Waals surface area contributed by atoms with Gasteiger partial charge in [0.2, 0.25) is 0 Å². The van der Waals surface area contributed by atoms with Gasteiger partial charge in [0, 0.05) is 30.5 Å². The lowest BCUT2D eigenvalue weighted by molar-refractivity contribution is -0.133. The lowest BCUT2D eigenvalue weighted by atomic mass is 10.1. The van der Waals surface area contributed by atoms with Crippen LogP contribution < -0.4 is 0 Å². The van der Waals surface area contributed by atoms with Crippen molar-refractivity contribution < 1.29 is 27.5 Å². The van der Waals surface area contributed by atoms with Crippen molar-refractivity contribution in [1.29, 1.82) is 0 Å². The first-order valence-corrected chi connectivity index (χ1v) is 10.2. The third-order valence-corrected chi connectivity index (χ3v) is 5.88. The Morgan fingerprint density at radius 2 is 1.63 bits per heavy atom. The molecule has 0 saturated heterocycles. The lowest BCUT2D eigenvalue weighted by Crippen LogP contribution is -2.34. The number of carboxylic acids is 1. The van der Waals surface area contributed by atoms with Crippen molar-refractivity contribution in [2.45, 2.75) is 24.3 Å². The van der Waals surface area contributed by atoms with Crippen LogP contribution in [0.2, 0.25) is 0 Å². The Morgan fingerprint density at radius 1 is 1.03 bits per heavy atom. The van der Waals surface area contributed by atoms with Gasteiger partial charge in [0.25, 0.3) is 5.92 Å². The highest BCUT2D eigenvalue weighted by Gasteiger charge is 2.33. The van der Waals surface area contributed by atoms with E-state index in [4.69, 9.17) is 0 Å². The van der Waals surface area contributed by atoms with Crippen molar-refractivity contribution in [3.05, 3.63) is 95.2 Å². The van der Waals surface area contributed by atoms with Crippen molar-refractivity contribution >= 4 is 17.7 Å². The third-order valence-electron chi connectivity index (χ3n) is 4.60. The molecule has 0 fully saturated rings. The van der Waals surface area contributed by atoms with Crippen molar-refractivity contribution in [2.75, 3.05) is 5.75 Å². The zero-order chi connectivity index (χ0) is 21.7. The molecule has 3 rings (SSSR count). The zero-order valence-electron chi connectivity index (χ0n) is 15.8. The fourth-order valence-electron chi connectivity index (χ4n) is 3.03. The van der Waals surface area contributed by atoms with E-state index in [-0.39, 0.29) is 22.7 Å². The molecular formula is C22H19F4NO2S. The topological polar surface area (TPSA) is 40.5 Å². The second kappa shape index (κ2) is 9.38. The molecule has 1 aliphatic rings. The monoisotopic (exact) mass is 437 g/mol. The van der Waals surface area contributed by atoms with Gasteiger partial charge in [-0.1, -0.05) is 24.3 Å². The molecule has 2 aromatic rings. The molecule has 1 heterocycles. The number of benzene rings is 2. The van der Waals surface area contributed by atoms with E-state index >= 15 is 0 Å². The molecular weight excluding hydrogens is 418 g/mol. The van der Waals surface area contributed by atoms with Crippen LogP contribution in [0.1, 0.15) is 17.5 Å². The van der Waals surface area contributed by atoms with Gasteiger partial charge in [0.05, 0.1) is 5.57 Å². The number of alkyl halides is 2. The number of carboxylic acid groups (broad SMARTS) is 1. The summed E-state index contributed by atoms with van der Waals surface area (Å²) in [5.74, 6) is -5.29. The van der Waals surface area contributed by atoms with Gasteiger partial charge in [-0.3, -0.25) is 0 Å². The molecule has 0 saturated carbocycles. The van der Waals surface area contributed by atoms with Crippen LogP contribution in [0.4, 0.5) is 17.6 Å². The molecule has 0 aromatic heterocycles. The van der Waals surface area contributed by atoms with Gasteiger partial charge in [-0.2, -0.15) is 0 Å². The molecule has 0 radical (unpaired) electrons. The van der Waals surface area contributed by atoms with Gasteiger partial charge in [-0.25, -0.2) is 22.4 Å². The summed E-state index contributed by atoms with van der Waals surface area (Å²) in [6.07, 6.45) is 4.18. The zero-order valence-corrected chi connectivity index (χ0v) is 16.6. The highest BCUT2D eigenvalue weighted by molar-refractivity contribution is 8.00. The summed E-state index contributed by atoms with van der Waals surface area (Å²) in [7, 11) is 0. The SMILES string of the molecule is O=C(O)C1=CC=CN(Cc2ccc(F)cc2)C1SCCC(F)(F)c1ccc(F)cc1. The predicted molar refractivity (Wildman–Crippen MR) is 108 cm³/mol. The van der Waals surface area contributed by atoms with Gasteiger partial charge in [0.15, 0.2) is 0 Å². The first-order valence-electron chi connectivity index (χ1n) is 9.13. The van der Waals surface area contributed by atoms with Gasteiger partial charge in [0.1, 0.15) is 17.0 Å². The van der Waals surface area contributed by atoms with Crippen LogP contribution in [0.25, 0.3) is 0 Å². The maximum Gasteiger partial charge on any atom is 0.334 e. The van der Waals surface area contributed by atoms with Crippen molar-refractivity contribution in [3.63, 3.8) is 0 Å². The summed E-state index contributed by atoms with van der Waals surface area (Å²) < 4.78 is 55.0. The minimum Gasteiger partial charge on any atom is -0.478 e. The average Bonchev–Trinajstić information content (AvgIpc) is 2.70. The molecule has 1 unspecified atom stereocenters. The number of nitrogens with zero attached hydrogens (tertiary/aromatic N) is 1. The number of allylic oxidation sites excluding steroid dienone is 2. The van der Waals surface area contributed by atoms with Gasteiger partial charge < -0.3 is 10.0 Å². The Kier molecular flexibility index (Phi) is 6.87. The summed E-state index contributed by atoms with van der Waals surface area (Å²) in [5.41, 5.74) is 0.551. The van der Waals surface area contributed by atoms with E-state index in [0.717, 1.165) is 41.6 Å². The highest BCUT2D eigenvalue weighted by atomic mass is 32.2. The lowest BCUT2D eigenvalue weighted by Gasteiger charge is -2.33. The Labute approximate surface area is 175 Å². The molecule has 0 spiro atoms. The van der Waals surface area contributed by atoms with E-state index in [1.807, 2.05) is 0 Å². The van der Waals surface area contributed by atoms with Crippen LogP contribution in [-0.4, -0.2) is 27.1 Å². The van der Waals surface area contributed by atoms with Crippen molar-refractivity contribution in [2.24, 2.45) is 0 Å². The third kappa shape index (κ3) is 5.44. The summed E-state index contributed by atoms with van der Waals surface area (Å²) in [6, 6.07) is 9.86. The minimum absolute atomic E-state index is 0.0204. The molecule has 0 aliphatic carbocycles. The summed E-state index contributed by atoms with van der Waals surface area (Å²) in [6.45, 7) is 0.299. The maximum absolute atomic E-state index is 14.4. The van der Waals surface area contributed by atoms with Crippen LogP contribution in [-0.2, 0) is 17.3 Å². The Balaban J connectivity index is 1.69. The molecule has 158 valence electrons. The number of thioether (sulfide) groups is 1. The molecule has 1 atom stereocenters. The van der Waals surface area contributed by atoms with E-state index in [1.54, 1.807) is 29.3 Å². The molecule has 0 bridgehead atoms. The Hall–Kier alpha value is -2.74. The molecule has 0 amide bonds. The van der Waals surface area contributed by atoms with E-state index in [9.17, 15) is 27.5 Å². The Bertz CT molecular complexity index is 943. The molecule has 2 aromatic carbocycles. The smallest absolute Gasteiger partial charge is 0.334 e. The van der Waals surface area contributed by atoms with E-state index < -0.39 is 29.5 Å². The first-order chi connectivity index (χ1) is 14.3. The first kappa shape index (κ1) is 22.0. The summed E-state index contributed by atoms with van der Waals surface area (Å²) in [5, 5.41) is 8.84. The molecule has 30 heavy (non-hydrogen) atoms. The predicted octanol–water partition coefficient (Wildman–Crippen LogP) is 5.55. The fourth-order valence-corrected chi connectivity index (χ4v) is 4.32. The number of halogens is 4. The van der Waals surface area contributed by atoms with Gasteiger partial charge in [-0.05, 0) is 42.0 Å². The van der Waals surface area contributed by atoms with Crippen LogP contribution in [0.5, 0.6) is 0 Å². The summed E-state index contributed by atoms with van der Waals surface area (Å²) >= 11 is 1.09. The molecule has 3 nitrogen and oxygen atoms in total. The van der Waals surface area contributed by atoms with Gasteiger partial charge >= 0.3 is 5.97 Å². The number of hydrogen-bond donors (Lipinski definition) is 1. The normalized spacial score (nSPS) is 16.5. The standard InChI is InChI=1S/C22H19F4NO2S/c23-17-7-3-15(4-8-17)14-27-12-1-2-19(21(28)29)20(27)30-13-11-22(25,26)16-5-9-18(24)10-6-16/h1-10,12,20H,11,13-14H2,(H,28,29). The summed E-state index contributed by atoms with van der Waals surface area (Å²) in [4.78, 5) is 13.4. The molecule has 8 heteroatoms. The number of rotatable bonds is 8. The molecule has 1 N–H and O–H groups in total. The quantitative estimate of drug-likeness (QED) is 0.550. The largest absolute Gasteiger partial charge is 0.478 e. The number of hydrogen-bond acceptors (Lipinski definition) is 3. The average molecular weight is 437 g/mol. The van der Waals surface area contributed by atoms with E-state index in [1.165, 1.54) is 18.2 Å². The van der Waals surface area contributed by atoms with Crippen molar-refractivity contribution in [1.82, 2.24) is 4.90 Å². The van der Waals surface area contributed by atoms with Crippen LogP contribution in [0.3, 0.4) is 0 Å². The number of carbonyl (C=O) groups is 1. The van der Waals surface area contributed by atoms with E-state index in [0.29, 0.717) is 6.54 Å². The fraction of sp³-hybridized carbons (Fsp3) is 0.227. The second-order valence-corrected chi connectivity index (χ2v) is 7.94. The van der Waals surface area contributed by atoms with Crippen LogP contribution in [0.15, 0.2) is 72.5 Å². The van der Waals surface area contributed by atoms with Crippen molar-refractivity contribution in [3.8, 4) is 0 Å². The van der Waals surface area contributed by atoms with Crippen LogP contribution >= 0.6 is 11.8 Å². The van der Waals surface area contributed by atoms with Crippen LogP contribution in [0, 0.1) is 11.6 Å². The maximum atomic E-state index is 14.4. The number of aliphatic carboxylic acids is 1.